The van der Waals surface area contributed by atoms with Crippen LogP contribution in [0.1, 0.15) is 46.9 Å². The highest BCUT2D eigenvalue weighted by Crippen LogP contribution is 2.28. The lowest BCUT2D eigenvalue weighted by Gasteiger charge is -2.27. The van der Waals surface area contributed by atoms with Gasteiger partial charge in [-0.3, -0.25) is 9.52 Å². The first-order valence-electron chi connectivity index (χ1n) is 10.2. The number of ether oxygens (including phenoxy) is 2. The van der Waals surface area contributed by atoms with Crippen LogP contribution in [0.3, 0.4) is 0 Å². The van der Waals surface area contributed by atoms with Crippen LogP contribution in [-0.4, -0.2) is 52.0 Å². The largest absolute Gasteiger partial charge is 0.496 e. The van der Waals surface area contributed by atoms with E-state index in [9.17, 15) is 18.0 Å². The Bertz CT molecular complexity index is 1110. The van der Waals surface area contributed by atoms with E-state index < -0.39 is 16.0 Å². The molecule has 1 heterocycles. The zero-order valence-corrected chi connectivity index (χ0v) is 19.5. The third-order valence-electron chi connectivity index (χ3n) is 5.07. The van der Waals surface area contributed by atoms with E-state index in [1.165, 1.54) is 43.5 Å². The van der Waals surface area contributed by atoms with Gasteiger partial charge in [0.1, 0.15) is 5.75 Å². The van der Waals surface area contributed by atoms with Crippen molar-refractivity contribution in [2.45, 2.75) is 31.1 Å². The fourth-order valence-electron chi connectivity index (χ4n) is 3.46. The van der Waals surface area contributed by atoms with Gasteiger partial charge in [-0.05, 0) is 62.6 Å². The third-order valence-corrected chi connectivity index (χ3v) is 6.76. The first kappa shape index (κ1) is 23.9. The van der Waals surface area contributed by atoms with Gasteiger partial charge in [-0.2, -0.15) is 0 Å². The molecule has 1 aliphatic rings. The average Bonchev–Trinajstić information content (AvgIpc) is 2.78. The number of esters is 1. The summed E-state index contributed by atoms with van der Waals surface area (Å²) in [6, 6.07) is 8.27. The van der Waals surface area contributed by atoms with E-state index in [1.54, 1.807) is 11.8 Å². The lowest BCUT2D eigenvalue weighted by molar-refractivity contribution is 0.0526. The molecule has 1 N–H and O–H groups in total. The molecule has 1 fully saturated rings. The van der Waals surface area contributed by atoms with Crippen LogP contribution in [0.15, 0.2) is 41.3 Å². The van der Waals surface area contributed by atoms with E-state index in [0.29, 0.717) is 18.8 Å². The van der Waals surface area contributed by atoms with Gasteiger partial charge in [-0.1, -0.05) is 11.6 Å². The molecular weight excluding hydrogens is 456 g/mol. The molecule has 0 radical (unpaired) electrons. The molecule has 1 saturated heterocycles. The number of hydrogen-bond donors (Lipinski definition) is 1. The van der Waals surface area contributed by atoms with Crippen LogP contribution in [0, 0.1) is 0 Å². The molecule has 1 amide bonds. The maximum Gasteiger partial charge on any atom is 0.339 e. The minimum atomic E-state index is -4.04. The van der Waals surface area contributed by atoms with Crippen LogP contribution in [0.25, 0.3) is 0 Å². The number of methoxy groups -OCH3 is 1. The molecule has 0 spiro atoms. The minimum absolute atomic E-state index is 0.0550. The van der Waals surface area contributed by atoms with Gasteiger partial charge in [0.05, 0.1) is 40.4 Å². The Labute approximate surface area is 192 Å². The van der Waals surface area contributed by atoms with E-state index in [0.717, 1.165) is 19.3 Å². The van der Waals surface area contributed by atoms with Crippen molar-refractivity contribution in [2.75, 3.05) is 31.5 Å². The summed E-state index contributed by atoms with van der Waals surface area (Å²) in [7, 11) is -2.60. The van der Waals surface area contributed by atoms with Crippen molar-refractivity contribution in [1.82, 2.24) is 4.90 Å². The van der Waals surface area contributed by atoms with Crippen molar-refractivity contribution in [3.8, 4) is 5.75 Å². The van der Waals surface area contributed by atoms with Crippen molar-refractivity contribution in [3.63, 3.8) is 0 Å². The van der Waals surface area contributed by atoms with Crippen molar-refractivity contribution >= 4 is 39.2 Å². The highest BCUT2D eigenvalue weighted by Gasteiger charge is 2.25. The molecule has 32 heavy (non-hydrogen) atoms. The summed E-state index contributed by atoms with van der Waals surface area (Å²) >= 11 is 6.12. The Balaban J connectivity index is 1.87. The standard InChI is InChI=1S/C22H25ClN2O6S/c1-3-31-22(27)17-9-7-15(13-19(17)23)24-32(28,29)16-8-10-20(30-2)18(14-16)21(26)25-11-5-4-6-12-25/h7-10,13-14,24H,3-6,11-12H2,1-2H3. The number of likely N-dealkylation sites (tertiary alicyclic amines) is 1. The van der Waals surface area contributed by atoms with Gasteiger partial charge in [-0.15, -0.1) is 0 Å². The fraction of sp³-hybridized carbons (Fsp3) is 0.364. The van der Waals surface area contributed by atoms with Crippen molar-refractivity contribution in [2.24, 2.45) is 0 Å². The molecule has 2 aromatic rings. The maximum atomic E-state index is 13.0. The summed E-state index contributed by atoms with van der Waals surface area (Å²) in [4.78, 5) is 26.5. The zero-order valence-electron chi connectivity index (χ0n) is 17.9. The SMILES string of the molecule is CCOC(=O)c1ccc(NS(=O)(=O)c2ccc(OC)c(C(=O)N3CCCCC3)c2)cc1Cl. The van der Waals surface area contributed by atoms with E-state index in [1.807, 2.05) is 0 Å². The van der Waals surface area contributed by atoms with Crippen LogP contribution in [0.2, 0.25) is 5.02 Å². The van der Waals surface area contributed by atoms with Gasteiger partial charge < -0.3 is 14.4 Å². The van der Waals surface area contributed by atoms with E-state index in [-0.39, 0.29) is 39.2 Å². The van der Waals surface area contributed by atoms with E-state index >= 15 is 0 Å². The average molecular weight is 481 g/mol. The van der Waals surface area contributed by atoms with Crippen molar-refractivity contribution in [3.05, 3.63) is 52.5 Å². The number of halogens is 1. The first-order chi connectivity index (χ1) is 15.3. The number of anilines is 1. The van der Waals surface area contributed by atoms with Gasteiger partial charge >= 0.3 is 5.97 Å². The number of rotatable bonds is 7. The molecule has 1 aliphatic heterocycles. The second kappa shape index (κ2) is 10.2. The molecule has 2 aromatic carbocycles. The van der Waals surface area contributed by atoms with E-state index in [4.69, 9.17) is 21.1 Å². The lowest BCUT2D eigenvalue weighted by Crippen LogP contribution is -2.35. The number of piperidine rings is 1. The number of amides is 1. The highest BCUT2D eigenvalue weighted by molar-refractivity contribution is 7.92. The Kier molecular flexibility index (Phi) is 7.63. The molecule has 0 bridgehead atoms. The number of sulfonamides is 1. The van der Waals surface area contributed by atoms with Crippen LogP contribution in [0.5, 0.6) is 5.75 Å². The third kappa shape index (κ3) is 5.34. The Morgan fingerprint density at radius 1 is 1.06 bits per heavy atom. The number of benzene rings is 2. The van der Waals surface area contributed by atoms with E-state index in [2.05, 4.69) is 4.72 Å². The maximum absolute atomic E-state index is 13.0. The number of hydrogen-bond acceptors (Lipinski definition) is 6. The Hall–Kier alpha value is -2.78. The molecule has 0 aromatic heterocycles. The number of carbonyl (C=O) groups excluding carboxylic acids is 2. The summed E-state index contributed by atoms with van der Waals surface area (Å²) in [5.74, 6) is -0.551. The van der Waals surface area contributed by atoms with Crippen LogP contribution < -0.4 is 9.46 Å². The van der Waals surface area contributed by atoms with Gasteiger partial charge in [0.15, 0.2) is 0 Å². The minimum Gasteiger partial charge on any atom is -0.496 e. The van der Waals surface area contributed by atoms with Crippen LogP contribution in [0.4, 0.5) is 5.69 Å². The summed E-state index contributed by atoms with van der Waals surface area (Å²) in [6.45, 7) is 3.12. The molecule has 0 atom stereocenters. The predicted molar refractivity (Wildman–Crippen MR) is 121 cm³/mol. The molecule has 3 rings (SSSR count). The van der Waals surface area contributed by atoms with Crippen molar-refractivity contribution in [1.29, 1.82) is 0 Å². The lowest BCUT2D eigenvalue weighted by atomic mass is 10.1. The Morgan fingerprint density at radius 3 is 2.41 bits per heavy atom. The highest BCUT2D eigenvalue weighted by atomic mass is 35.5. The van der Waals surface area contributed by atoms with Gasteiger partial charge in [0, 0.05) is 13.1 Å². The summed E-state index contributed by atoms with van der Waals surface area (Å²) in [5.41, 5.74) is 0.492. The normalized spacial score (nSPS) is 14.0. The topological polar surface area (TPSA) is 102 Å². The van der Waals surface area contributed by atoms with Crippen LogP contribution >= 0.6 is 11.6 Å². The first-order valence-corrected chi connectivity index (χ1v) is 12.1. The summed E-state index contributed by atoms with van der Waals surface area (Å²) in [5, 5.41) is 0.0550. The molecule has 10 heteroatoms. The number of nitrogens with one attached hydrogen (secondary N) is 1. The second-order valence-corrected chi connectivity index (χ2v) is 9.33. The van der Waals surface area contributed by atoms with Gasteiger partial charge in [0.25, 0.3) is 15.9 Å². The quantitative estimate of drug-likeness (QED) is 0.602. The second-order valence-electron chi connectivity index (χ2n) is 7.24. The molecule has 8 nitrogen and oxygen atoms in total. The molecule has 0 aliphatic carbocycles. The van der Waals surface area contributed by atoms with Gasteiger partial charge in [0.2, 0.25) is 0 Å². The summed E-state index contributed by atoms with van der Waals surface area (Å²) < 4.78 is 38.6. The van der Waals surface area contributed by atoms with Gasteiger partial charge in [-0.25, -0.2) is 13.2 Å². The van der Waals surface area contributed by atoms with Crippen LogP contribution in [-0.2, 0) is 14.8 Å². The fourth-order valence-corrected chi connectivity index (χ4v) is 4.79. The molecule has 0 unspecified atom stereocenters. The Morgan fingerprint density at radius 2 is 1.78 bits per heavy atom. The predicted octanol–water partition coefficient (Wildman–Crippen LogP) is 3.95. The van der Waals surface area contributed by atoms with Crippen molar-refractivity contribution < 1.29 is 27.5 Å². The monoisotopic (exact) mass is 480 g/mol. The molecule has 0 saturated carbocycles. The molecular formula is C22H25ClN2O6S. The molecule has 172 valence electrons. The smallest absolute Gasteiger partial charge is 0.339 e. The zero-order chi connectivity index (χ0) is 23.3. The number of nitrogens with zero attached hydrogens (tertiary/aromatic N) is 1. The number of carbonyl (C=O) groups is 2. The summed E-state index contributed by atoms with van der Waals surface area (Å²) in [6.07, 6.45) is 2.89.